The molecule has 3 rings (SSSR count). The second kappa shape index (κ2) is 9.62. The van der Waals surface area contributed by atoms with E-state index in [0.29, 0.717) is 52.4 Å². The number of urea groups is 1. The van der Waals surface area contributed by atoms with E-state index in [-0.39, 0.29) is 17.4 Å². The molecule has 28 heavy (non-hydrogen) atoms. The number of carbonyl (C=O) groups excluding carboxylic acids is 1. The van der Waals surface area contributed by atoms with Crippen molar-refractivity contribution in [3.8, 4) is 0 Å². The Labute approximate surface area is 164 Å². The highest BCUT2D eigenvalue weighted by Crippen LogP contribution is 2.36. The molecule has 1 spiro atoms. The molecule has 1 aromatic carbocycles. The van der Waals surface area contributed by atoms with Crippen molar-refractivity contribution in [2.24, 2.45) is 0 Å². The minimum absolute atomic E-state index is 0.135. The van der Waals surface area contributed by atoms with Crippen LogP contribution in [0, 0.1) is 11.6 Å². The van der Waals surface area contributed by atoms with Crippen molar-refractivity contribution in [2.45, 2.75) is 44.3 Å². The molecule has 2 aliphatic heterocycles. The predicted molar refractivity (Wildman–Crippen MR) is 100 cm³/mol. The molecule has 2 saturated heterocycles. The molecule has 2 heterocycles. The summed E-state index contributed by atoms with van der Waals surface area (Å²) in [5, 5.41) is 2.45. The van der Waals surface area contributed by atoms with E-state index in [0.717, 1.165) is 31.0 Å². The first-order valence-electron chi connectivity index (χ1n) is 9.85. The van der Waals surface area contributed by atoms with Crippen molar-refractivity contribution in [3.05, 3.63) is 29.8 Å². The fourth-order valence-electron chi connectivity index (χ4n) is 3.80. The first kappa shape index (κ1) is 21.0. The Morgan fingerprint density at radius 2 is 2.11 bits per heavy atom. The van der Waals surface area contributed by atoms with Gasteiger partial charge < -0.3 is 24.4 Å². The van der Waals surface area contributed by atoms with Crippen LogP contribution in [-0.4, -0.2) is 62.2 Å². The van der Waals surface area contributed by atoms with E-state index in [1.807, 2.05) is 6.92 Å². The lowest BCUT2D eigenvalue weighted by atomic mass is 9.83. The lowest BCUT2D eigenvalue weighted by Crippen LogP contribution is -2.52. The Balaban J connectivity index is 1.49. The molecule has 2 amide bonds. The number of hydrogen-bond acceptors (Lipinski definition) is 4. The van der Waals surface area contributed by atoms with Crippen molar-refractivity contribution in [1.82, 2.24) is 4.90 Å². The zero-order valence-corrected chi connectivity index (χ0v) is 16.2. The summed E-state index contributed by atoms with van der Waals surface area (Å²) in [6.07, 6.45) is 3.18. The molecule has 1 N–H and O–H groups in total. The Morgan fingerprint density at radius 1 is 1.32 bits per heavy atom. The summed E-state index contributed by atoms with van der Waals surface area (Å²) in [4.78, 5) is 14.0. The van der Waals surface area contributed by atoms with Crippen molar-refractivity contribution < 1.29 is 27.8 Å². The molecule has 0 bridgehead atoms. The number of halogens is 2. The highest BCUT2D eigenvalue weighted by Gasteiger charge is 2.41. The van der Waals surface area contributed by atoms with Crippen LogP contribution in [0.4, 0.5) is 19.3 Å². The zero-order valence-electron chi connectivity index (χ0n) is 16.2. The number of amides is 2. The summed E-state index contributed by atoms with van der Waals surface area (Å²) in [7, 11) is 0. The highest BCUT2D eigenvalue weighted by molar-refractivity contribution is 5.89. The Hall–Kier alpha value is -1.77. The highest BCUT2D eigenvalue weighted by atomic mass is 19.1. The molecule has 1 unspecified atom stereocenters. The van der Waals surface area contributed by atoms with Gasteiger partial charge in [-0.1, -0.05) is 0 Å². The number of anilines is 1. The van der Waals surface area contributed by atoms with Gasteiger partial charge >= 0.3 is 6.03 Å². The molecule has 1 aromatic rings. The monoisotopic (exact) mass is 398 g/mol. The number of piperidine rings is 1. The van der Waals surface area contributed by atoms with Crippen LogP contribution in [0.3, 0.4) is 0 Å². The average Bonchev–Trinajstić information content (AvgIpc) is 2.69. The van der Waals surface area contributed by atoms with E-state index in [4.69, 9.17) is 14.2 Å². The van der Waals surface area contributed by atoms with Crippen LogP contribution < -0.4 is 5.32 Å². The number of hydrogen-bond donors (Lipinski definition) is 1. The smallest absolute Gasteiger partial charge is 0.321 e. The van der Waals surface area contributed by atoms with Crippen LogP contribution in [0.25, 0.3) is 0 Å². The maximum atomic E-state index is 13.7. The number of benzene rings is 1. The number of nitrogens with one attached hydrogen (secondary N) is 1. The lowest BCUT2D eigenvalue weighted by Gasteiger charge is -2.46. The summed E-state index contributed by atoms with van der Waals surface area (Å²) in [5.41, 5.74) is -0.433. The van der Waals surface area contributed by atoms with E-state index in [9.17, 15) is 13.6 Å². The van der Waals surface area contributed by atoms with Gasteiger partial charge in [0, 0.05) is 38.8 Å². The largest absolute Gasteiger partial charge is 0.379 e. The summed E-state index contributed by atoms with van der Waals surface area (Å²) >= 11 is 0. The van der Waals surface area contributed by atoms with Gasteiger partial charge in [-0.2, -0.15) is 0 Å². The third kappa shape index (κ3) is 5.40. The molecule has 0 aromatic heterocycles. The van der Waals surface area contributed by atoms with Gasteiger partial charge in [-0.15, -0.1) is 0 Å². The second-order valence-corrected chi connectivity index (χ2v) is 7.26. The third-order valence-electron chi connectivity index (χ3n) is 5.36. The molecule has 1 atom stereocenters. The molecular weight excluding hydrogens is 370 g/mol. The van der Waals surface area contributed by atoms with Gasteiger partial charge in [0.1, 0.15) is 11.6 Å². The van der Waals surface area contributed by atoms with Gasteiger partial charge in [0.05, 0.1) is 30.6 Å². The first-order chi connectivity index (χ1) is 13.5. The molecular formula is C20H28F2N2O4. The van der Waals surface area contributed by atoms with Crippen LogP contribution in [0.15, 0.2) is 18.2 Å². The molecule has 6 nitrogen and oxygen atoms in total. The number of rotatable bonds is 6. The van der Waals surface area contributed by atoms with E-state index in [1.165, 1.54) is 0 Å². The summed E-state index contributed by atoms with van der Waals surface area (Å²) in [6, 6.07) is 2.56. The van der Waals surface area contributed by atoms with Crippen molar-refractivity contribution in [2.75, 3.05) is 44.8 Å². The van der Waals surface area contributed by atoms with Gasteiger partial charge in [-0.3, -0.25) is 0 Å². The zero-order chi connectivity index (χ0) is 20.0. The number of ether oxygens (including phenoxy) is 3. The van der Waals surface area contributed by atoms with Crippen LogP contribution in [0.5, 0.6) is 0 Å². The van der Waals surface area contributed by atoms with E-state index in [2.05, 4.69) is 5.32 Å². The quantitative estimate of drug-likeness (QED) is 0.745. The maximum absolute atomic E-state index is 13.7. The summed E-state index contributed by atoms with van der Waals surface area (Å²) < 4.78 is 44.3. The molecule has 0 aliphatic carbocycles. The Kier molecular flexibility index (Phi) is 7.20. The number of carbonyl (C=O) groups is 1. The van der Waals surface area contributed by atoms with Crippen LogP contribution in [-0.2, 0) is 14.2 Å². The third-order valence-corrected chi connectivity index (χ3v) is 5.36. The number of nitrogens with zero attached hydrogens (tertiary/aromatic N) is 1. The number of likely N-dealkylation sites (tertiary alicyclic amines) is 1. The van der Waals surface area contributed by atoms with Gasteiger partial charge in [-0.25, -0.2) is 13.6 Å². The molecule has 156 valence electrons. The maximum Gasteiger partial charge on any atom is 0.321 e. The van der Waals surface area contributed by atoms with Gasteiger partial charge in [-0.05, 0) is 38.3 Å². The van der Waals surface area contributed by atoms with Crippen LogP contribution in [0.1, 0.15) is 32.6 Å². The normalized spacial score (nSPS) is 21.7. The molecule has 0 radical (unpaired) electrons. The van der Waals surface area contributed by atoms with E-state index >= 15 is 0 Å². The topological polar surface area (TPSA) is 60.0 Å². The molecule has 0 saturated carbocycles. The lowest BCUT2D eigenvalue weighted by molar-refractivity contribution is -0.154. The van der Waals surface area contributed by atoms with Crippen molar-refractivity contribution >= 4 is 11.7 Å². The van der Waals surface area contributed by atoms with Gasteiger partial charge in [0.2, 0.25) is 0 Å². The standard InChI is InChI=1S/C20H28F2N2O4/c1-2-26-11-12-27-16-5-10-28-20(14-16)6-8-24(9-7-20)19(25)23-18-13-15(21)3-4-17(18)22/h3-4,13,16H,2,5-12,14H2,1H3,(H,23,25). The van der Waals surface area contributed by atoms with Crippen LogP contribution >= 0.6 is 0 Å². The van der Waals surface area contributed by atoms with E-state index in [1.54, 1.807) is 4.90 Å². The SMILES string of the molecule is CCOCCOC1CCOC2(CCN(C(=O)Nc3cc(F)ccc3F)CC2)C1. The van der Waals surface area contributed by atoms with Gasteiger partial charge in [0.25, 0.3) is 0 Å². The molecule has 2 aliphatic rings. The fraction of sp³-hybridized carbons (Fsp3) is 0.650. The first-order valence-corrected chi connectivity index (χ1v) is 9.85. The second-order valence-electron chi connectivity index (χ2n) is 7.26. The van der Waals surface area contributed by atoms with Crippen molar-refractivity contribution in [3.63, 3.8) is 0 Å². The average molecular weight is 398 g/mol. The molecule has 2 fully saturated rings. The Morgan fingerprint density at radius 3 is 2.86 bits per heavy atom. The van der Waals surface area contributed by atoms with Crippen LogP contribution in [0.2, 0.25) is 0 Å². The Bertz CT molecular complexity index is 666. The summed E-state index contributed by atoms with van der Waals surface area (Å²) in [6.45, 7) is 5.42. The minimum Gasteiger partial charge on any atom is -0.379 e. The predicted octanol–water partition coefficient (Wildman–Crippen LogP) is 3.56. The van der Waals surface area contributed by atoms with Crippen molar-refractivity contribution in [1.29, 1.82) is 0 Å². The fourth-order valence-corrected chi connectivity index (χ4v) is 3.80. The summed E-state index contributed by atoms with van der Waals surface area (Å²) in [5.74, 6) is -1.26. The van der Waals surface area contributed by atoms with E-state index < -0.39 is 17.7 Å². The molecule has 8 heteroatoms. The van der Waals surface area contributed by atoms with Gasteiger partial charge in [0.15, 0.2) is 0 Å². The minimum atomic E-state index is -0.661.